The molecule has 1 rings (SSSR count). The third-order valence-corrected chi connectivity index (χ3v) is 1.68. The van der Waals surface area contributed by atoms with Crippen molar-refractivity contribution >= 4 is 12.0 Å². The average molecular weight is 182 g/mol. The number of hydrogen-bond donors (Lipinski definition) is 2. The largest absolute Gasteiger partial charge is 0.444 e. The molecule has 0 bridgehead atoms. The van der Waals surface area contributed by atoms with Gasteiger partial charge in [0, 0.05) is 0 Å². The number of hydrogen-bond acceptors (Lipinski definition) is 3. The van der Waals surface area contributed by atoms with Gasteiger partial charge in [-0.25, -0.2) is 4.79 Å². The summed E-state index contributed by atoms with van der Waals surface area (Å²) in [6.07, 6.45) is 3.93. The topological polar surface area (TPSA) is 67.4 Å². The van der Waals surface area contributed by atoms with Crippen LogP contribution >= 0.6 is 0 Å². The fraction of sp³-hybridized carbons (Fsp3) is 0.500. The molecule has 0 saturated carbocycles. The molecule has 1 fully saturated rings. The Hall–Kier alpha value is -1.70. The summed E-state index contributed by atoms with van der Waals surface area (Å²) in [5.41, 5.74) is 0. The Morgan fingerprint density at radius 3 is 3.00 bits per heavy atom. The zero-order chi connectivity index (χ0) is 9.84. The predicted octanol–water partition coefficient (Wildman–Crippen LogP) is -0.767. The van der Waals surface area contributed by atoms with Crippen LogP contribution in [0.2, 0.25) is 0 Å². The number of alkyl carbamates (subject to hydrolysis) is 1. The molecule has 5 heteroatoms. The molecular formula is C8H10N2O3. The van der Waals surface area contributed by atoms with Gasteiger partial charge in [-0.05, 0) is 6.92 Å². The molecule has 1 heterocycles. The van der Waals surface area contributed by atoms with Gasteiger partial charge in [-0.3, -0.25) is 4.79 Å². The summed E-state index contributed by atoms with van der Waals surface area (Å²) in [4.78, 5) is 21.9. The Bertz CT molecular complexity index is 269. The van der Waals surface area contributed by atoms with Crippen LogP contribution in [-0.4, -0.2) is 30.7 Å². The van der Waals surface area contributed by atoms with Gasteiger partial charge in [0.2, 0.25) is 5.91 Å². The quantitative estimate of drug-likeness (QED) is 0.551. The number of amides is 2. The smallest absolute Gasteiger partial charge is 0.408 e. The van der Waals surface area contributed by atoms with E-state index < -0.39 is 18.2 Å². The number of carbonyl (C=O) groups excluding carboxylic acids is 2. The normalized spacial score (nSPS) is 25.7. The van der Waals surface area contributed by atoms with E-state index in [1.807, 2.05) is 0 Å². The highest BCUT2D eigenvalue weighted by molar-refractivity contribution is 5.88. The zero-order valence-electron chi connectivity index (χ0n) is 7.16. The first-order chi connectivity index (χ1) is 6.15. The average Bonchev–Trinajstić information content (AvgIpc) is 2.41. The van der Waals surface area contributed by atoms with Gasteiger partial charge in [-0.2, -0.15) is 0 Å². The fourth-order valence-corrected chi connectivity index (χ4v) is 1.04. The maximum Gasteiger partial charge on any atom is 0.408 e. The third kappa shape index (κ3) is 2.12. The first kappa shape index (κ1) is 9.39. The molecular weight excluding hydrogens is 172 g/mol. The van der Waals surface area contributed by atoms with E-state index in [1.165, 1.54) is 0 Å². The Morgan fingerprint density at radius 1 is 1.85 bits per heavy atom. The zero-order valence-corrected chi connectivity index (χ0v) is 7.16. The van der Waals surface area contributed by atoms with Crippen molar-refractivity contribution in [1.29, 1.82) is 0 Å². The standard InChI is InChI=1S/C8H10N2O3/c1-3-4-9-7(11)6-5(2)13-8(12)10-6/h1,5-6H,4H2,2H3,(H,9,11)(H,10,12). The highest BCUT2D eigenvalue weighted by Gasteiger charge is 2.35. The molecule has 0 aliphatic carbocycles. The summed E-state index contributed by atoms with van der Waals surface area (Å²) in [5.74, 6) is 1.94. The molecule has 2 atom stereocenters. The summed E-state index contributed by atoms with van der Waals surface area (Å²) >= 11 is 0. The van der Waals surface area contributed by atoms with E-state index in [9.17, 15) is 9.59 Å². The lowest BCUT2D eigenvalue weighted by molar-refractivity contribution is -0.123. The third-order valence-electron chi connectivity index (χ3n) is 1.68. The van der Waals surface area contributed by atoms with E-state index in [2.05, 4.69) is 16.6 Å². The van der Waals surface area contributed by atoms with E-state index in [-0.39, 0.29) is 12.5 Å². The van der Waals surface area contributed by atoms with Crippen molar-refractivity contribution in [2.75, 3.05) is 6.54 Å². The molecule has 5 nitrogen and oxygen atoms in total. The number of rotatable bonds is 2. The Kier molecular flexibility index (Phi) is 2.75. The molecule has 1 saturated heterocycles. The van der Waals surface area contributed by atoms with Crippen LogP contribution in [0.3, 0.4) is 0 Å². The van der Waals surface area contributed by atoms with Crippen LogP contribution < -0.4 is 10.6 Å². The van der Waals surface area contributed by atoms with Crippen molar-refractivity contribution in [2.45, 2.75) is 19.1 Å². The van der Waals surface area contributed by atoms with Gasteiger partial charge >= 0.3 is 6.09 Å². The molecule has 0 aromatic heterocycles. The maximum atomic E-state index is 11.3. The second-order valence-corrected chi connectivity index (χ2v) is 2.65. The van der Waals surface area contributed by atoms with Crippen molar-refractivity contribution in [1.82, 2.24) is 10.6 Å². The summed E-state index contributed by atoms with van der Waals surface area (Å²) < 4.78 is 4.71. The summed E-state index contributed by atoms with van der Waals surface area (Å²) in [7, 11) is 0. The molecule has 2 N–H and O–H groups in total. The molecule has 2 unspecified atom stereocenters. The molecule has 70 valence electrons. The van der Waals surface area contributed by atoms with Crippen LogP contribution in [-0.2, 0) is 9.53 Å². The first-order valence-corrected chi connectivity index (χ1v) is 3.83. The molecule has 1 aliphatic heterocycles. The summed E-state index contributed by atoms with van der Waals surface area (Å²) in [6, 6.07) is -0.638. The number of carbonyl (C=O) groups is 2. The van der Waals surface area contributed by atoms with Crippen molar-refractivity contribution in [2.24, 2.45) is 0 Å². The Labute approximate surface area is 75.8 Å². The van der Waals surface area contributed by atoms with Crippen molar-refractivity contribution < 1.29 is 14.3 Å². The molecule has 13 heavy (non-hydrogen) atoms. The van der Waals surface area contributed by atoms with Crippen molar-refractivity contribution in [3.05, 3.63) is 0 Å². The molecule has 1 aliphatic rings. The van der Waals surface area contributed by atoms with Crippen LogP contribution in [0.15, 0.2) is 0 Å². The predicted molar refractivity (Wildman–Crippen MR) is 44.7 cm³/mol. The van der Waals surface area contributed by atoms with Gasteiger partial charge in [0.15, 0.2) is 0 Å². The van der Waals surface area contributed by atoms with E-state index in [4.69, 9.17) is 11.2 Å². The van der Waals surface area contributed by atoms with E-state index in [0.29, 0.717) is 0 Å². The van der Waals surface area contributed by atoms with Crippen LogP contribution in [0.1, 0.15) is 6.92 Å². The van der Waals surface area contributed by atoms with Gasteiger partial charge in [0.05, 0.1) is 6.54 Å². The number of cyclic esters (lactones) is 1. The lowest BCUT2D eigenvalue weighted by Crippen LogP contribution is -2.45. The lowest BCUT2D eigenvalue weighted by atomic mass is 10.2. The molecule has 0 radical (unpaired) electrons. The SMILES string of the molecule is C#CCNC(=O)C1NC(=O)OC1C. The van der Waals surface area contributed by atoms with Crippen LogP contribution in [0.4, 0.5) is 4.79 Å². The Balaban J connectivity index is 2.48. The fourth-order valence-electron chi connectivity index (χ4n) is 1.04. The van der Waals surface area contributed by atoms with Crippen LogP contribution in [0.5, 0.6) is 0 Å². The number of terminal acetylenes is 1. The van der Waals surface area contributed by atoms with E-state index >= 15 is 0 Å². The van der Waals surface area contributed by atoms with Gasteiger partial charge < -0.3 is 15.4 Å². The molecule has 2 amide bonds. The highest BCUT2D eigenvalue weighted by Crippen LogP contribution is 2.07. The van der Waals surface area contributed by atoms with Crippen LogP contribution in [0.25, 0.3) is 0 Å². The van der Waals surface area contributed by atoms with Gasteiger partial charge in [0.1, 0.15) is 12.1 Å². The van der Waals surface area contributed by atoms with E-state index in [1.54, 1.807) is 6.92 Å². The lowest BCUT2D eigenvalue weighted by Gasteiger charge is -2.10. The number of ether oxygens (including phenoxy) is 1. The maximum absolute atomic E-state index is 11.3. The first-order valence-electron chi connectivity index (χ1n) is 3.83. The van der Waals surface area contributed by atoms with E-state index in [0.717, 1.165) is 0 Å². The van der Waals surface area contributed by atoms with Gasteiger partial charge in [-0.15, -0.1) is 6.42 Å². The van der Waals surface area contributed by atoms with Crippen molar-refractivity contribution in [3.8, 4) is 12.3 Å². The second-order valence-electron chi connectivity index (χ2n) is 2.65. The molecule has 0 aromatic carbocycles. The van der Waals surface area contributed by atoms with Crippen LogP contribution in [0, 0.1) is 12.3 Å². The summed E-state index contributed by atoms with van der Waals surface area (Å²) in [5, 5.41) is 4.83. The minimum Gasteiger partial charge on any atom is -0.444 e. The molecule has 0 aromatic rings. The Morgan fingerprint density at radius 2 is 2.54 bits per heavy atom. The van der Waals surface area contributed by atoms with Crippen molar-refractivity contribution in [3.63, 3.8) is 0 Å². The minimum absolute atomic E-state index is 0.151. The second kappa shape index (κ2) is 3.81. The van der Waals surface area contributed by atoms with Gasteiger partial charge in [0.25, 0.3) is 0 Å². The summed E-state index contributed by atoms with van der Waals surface area (Å²) in [6.45, 7) is 1.79. The molecule has 0 spiro atoms. The van der Waals surface area contributed by atoms with Gasteiger partial charge in [-0.1, -0.05) is 5.92 Å². The monoisotopic (exact) mass is 182 g/mol. The number of nitrogens with one attached hydrogen (secondary N) is 2. The minimum atomic E-state index is -0.638. The highest BCUT2D eigenvalue weighted by atomic mass is 16.6.